The van der Waals surface area contributed by atoms with Gasteiger partial charge in [-0.3, -0.25) is 9.10 Å². The van der Waals surface area contributed by atoms with E-state index in [2.05, 4.69) is 10.5 Å². The summed E-state index contributed by atoms with van der Waals surface area (Å²) in [7, 11) is -4.09. The molecule has 0 aliphatic rings. The molecular weight excluding hydrogens is 471 g/mol. The van der Waals surface area contributed by atoms with Gasteiger partial charge in [-0.25, -0.2) is 13.8 Å². The van der Waals surface area contributed by atoms with Crippen LogP contribution in [-0.4, -0.2) is 39.4 Å². The molecule has 0 atom stereocenters. The highest BCUT2D eigenvalue weighted by molar-refractivity contribution is 7.92. The maximum atomic E-state index is 13.1. The molecule has 2 aromatic carbocycles. The van der Waals surface area contributed by atoms with Gasteiger partial charge in [-0.1, -0.05) is 11.6 Å². The number of alkyl halides is 3. The number of carbonyl (C=O) groups is 1. The fraction of sp³-hybridized carbons (Fsp3) is 0.300. The summed E-state index contributed by atoms with van der Waals surface area (Å²) in [5.41, 5.74) is 1.76. The predicted octanol–water partition coefficient (Wildman–Crippen LogP) is 4.06. The van der Waals surface area contributed by atoms with Crippen molar-refractivity contribution in [2.75, 3.05) is 23.7 Å². The summed E-state index contributed by atoms with van der Waals surface area (Å²) < 4.78 is 69.6. The van der Waals surface area contributed by atoms with Gasteiger partial charge in [-0.05, 0) is 61.9 Å². The minimum atomic E-state index is -4.79. The molecular formula is C20H21ClF3N3O4S. The first-order valence-corrected chi connectivity index (χ1v) is 11.5. The third-order valence-corrected chi connectivity index (χ3v) is 5.63. The number of anilines is 1. The lowest BCUT2D eigenvalue weighted by atomic mass is 10.1. The number of hydrogen-bond donors (Lipinski definition) is 1. The molecule has 0 radical (unpaired) electrons. The standard InChI is InChI=1S/C20H21ClF3N3O4S/c1-4-31-16-8-5-14(6-9-16)13(2)25-26-19(28)12-27(32(3,29)30)15-7-10-18(21)17(11-15)20(22,23)24/h5-11H,4,12H2,1-3H3,(H,26,28)/b25-13-. The number of hydrazone groups is 1. The number of hydrogen-bond acceptors (Lipinski definition) is 5. The van der Waals surface area contributed by atoms with E-state index in [0.717, 1.165) is 18.4 Å². The van der Waals surface area contributed by atoms with Gasteiger partial charge in [-0.15, -0.1) is 0 Å². The highest BCUT2D eigenvalue weighted by atomic mass is 35.5. The number of sulfonamides is 1. The molecule has 2 aromatic rings. The topological polar surface area (TPSA) is 88.1 Å². The van der Waals surface area contributed by atoms with Crippen LogP contribution in [0.3, 0.4) is 0 Å². The van der Waals surface area contributed by atoms with Gasteiger partial charge in [0.15, 0.2) is 0 Å². The Morgan fingerprint density at radius 2 is 1.81 bits per heavy atom. The van der Waals surface area contributed by atoms with Crippen LogP contribution in [0.25, 0.3) is 0 Å². The Labute approximate surface area is 188 Å². The molecule has 0 aromatic heterocycles. The molecule has 0 aliphatic heterocycles. The summed E-state index contributed by atoms with van der Waals surface area (Å²) in [6, 6.07) is 9.49. The van der Waals surface area contributed by atoms with Crippen molar-refractivity contribution in [1.29, 1.82) is 0 Å². The number of ether oxygens (including phenoxy) is 1. The lowest BCUT2D eigenvalue weighted by molar-refractivity contribution is -0.137. The average Bonchev–Trinajstić information content (AvgIpc) is 2.70. The lowest BCUT2D eigenvalue weighted by Crippen LogP contribution is -2.39. The molecule has 1 amide bonds. The maximum Gasteiger partial charge on any atom is 0.417 e. The Morgan fingerprint density at radius 3 is 2.34 bits per heavy atom. The molecule has 7 nitrogen and oxygen atoms in total. The van der Waals surface area contributed by atoms with Gasteiger partial charge in [0.1, 0.15) is 12.3 Å². The van der Waals surface area contributed by atoms with Crippen LogP contribution in [0.4, 0.5) is 18.9 Å². The molecule has 0 saturated carbocycles. The van der Waals surface area contributed by atoms with Crippen LogP contribution in [0.2, 0.25) is 5.02 Å². The van der Waals surface area contributed by atoms with E-state index in [1.807, 2.05) is 6.92 Å². The normalized spacial score (nSPS) is 12.4. The van der Waals surface area contributed by atoms with Crippen LogP contribution < -0.4 is 14.5 Å². The van der Waals surface area contributed by atoms with Crippen LogP contribution in [0.1, 0.15) is 25.0 Å². The van der Waals surface area contributed by atoms with Crippen LogP contribution in [0.5, 0.6) is 5.75 Å². The van der Waals surface area contributed by atoms with Crippen molar-refractivity contribution < 1.29 is 31.1 Å². The molecule has 174 valence electrons. The van der Waals surface area contributed by atoms with Crippen LogP contribution in [0, 0.1) is 0 Å². The number of rotatable bonds is 8. The third kappa shape index (κ3) is 6.86. The van der Waals surface area contributed by atoms with E-state index in [-0.39, 0.29) is 5.69 Å². The Morgan fingerprint density at radius 1 is 1.19 bits per heavy atom. The Kier molecular flexibility index (Phi) is 8.13. The van der Waals surface area contributed by atoms with Crippen LogP contribution >= 0.6 is 11.6 Å². The Bertz CT molecular complexity index is 1100. The molecule has 1 N–H and O–H groups in total. The summed E-state index contributed by atoms with van der Waals surface area (Å²) >= 11 is 5.58. The molecule has 0 aliphatic carbocycles. The number of halogens is 4. The zero-order valence-electron chi connectivity index (χ0n) is 17.4. The Hall–Kier alpha value is -2.79. The van der Waals surface area contributed by atoms with Crippen molar-refractivity contribution in [1.82, 2.24) is 5.43 Å². The summed E-state index contributed by atoms with van der Waals surface area (Å²) in [6.07, 6.45) is -4.02. The molecule has 32 heavy (non-hydrogen) atoms. The van der Waals surface area contributed by atoms with Crippen LogP contribution in [-0.2, 0) is 21.0 Å². The number of nitrogens with one attached hydrogen (secondary N) is 1. The van der Waals surface area contributed by atoms with Gasteiger partial charge in [0.05, 0.1) is 34.8 Å². The zero-order chi connectivity index (χ0) is 24.1. The van der Waals surface area contributed by atoms with Crippen molar-refractivity contribution in [3.8, 4) is 5.75 Å². The van der Waals surface area contributed by atoms with E-state index < -0.39 is 39.2 Å². The number of carbonyl (C=O) groups excluding carboxylic acids is 1. The van der Waals surface area contributed by atoms with Gasteiger partial charge in [0, 0.05) is 0 Å². The van der Waals surface area contributed by atoms with Crippen molar-refractivity contribution in [3.05, 3.63) is 58.6 Å². The van der Waals surface area contributed by atoms with Gasteiger partial charge in [0.2, 0.25) is 10.0 Å². The van der Waals surface area contributed by atoms with E-state index in [9.17, 15) is 26.4 Å². The zero-order valence-corrected chi connectivity index (χ0v) is 19.0. The predicted molar refractivity (Wildman–Crippen MR) is 117 cm³/mol. The second-order valence-electron chi connectivity index (χ2n) is 6.62. The SMILES string of the molecule is CCOc1ccc(/C(C)=N\NC(=O)CN(c2ccc(Cl)c(C(F)(F)F)c2)S(C)(=O)=O)cc1. The summed E-state index contributed by atoms with van der Waals surface area (Å²) in [6.45, 7) is 3.21. The van der Waals surface area contributed by atoms with Crippen molar-refractivity contribution in [2.24, 2.45) is 5.10 Å². The maximum absolute atomic E-state index is 13.1. The lowest BCUT2D eigenvalue weighted by Gasteiger charge is -2.22. The van der Waals surface area contributed by atoms with Gasteiger partial charge in [-0.2, -0.15) is 18.3 Å². The van der Waals surface area contributed by atoms with Crippen LogP contribution in [0.15, 0.2) is 47.6 Å². The van der Waals surface area contributed by atoms with Crippen molar-refractivity contribution in [2.45, 2.75) is 20.0 Å². The van der Waals surface area contributed by atoms with Crippen molar-refractivity contribution >= 4 is 38.9 Å². The highest BCUT2D eigenvalue weighted by Crippen LogP contribution is 2.37. The molecule has 0 heterocycles. The number of benzene rings is 2. The first-order valence-electron chi connectivity index (χ1n) is 9.23. The quantitative estimate of drug-likeness (QED) is 0.445. The monoisotopic (exact) mass is 491 g/mol. The Balaban J connectivity index is 2.20. The van der Waals surface area contributed by atoms with E-state index in [0.29, 0.717) is 34.0 Å². The molecule has 12 heteroatoms. The van der Waals surface area contributed by atoms with Crippen molar-refractivity contribution in [3.63, 3.8) is 0 Å². The minimum absolute atomic E-state index is 0.355. The molecule has 0 fully saturated rings. The van der Waals surface area contributed by atoms with Gasteiger partial charge >= 0.3 is 6.18 Å². The third-order valence-electron chi connectivity index (χ3n) is 4.16. The fourth-order valence-electron chi connectivity index (χ4n) is 2.62. The molecule has 0 unspecified atom stereocenters. The molecule has 2 rings (SSSR count). The summed E-state index contributed by atoms with van der Waals surface area (Å²) in [4.78, 5) is 12.3. The molecule has 0 bridgehead atoms. The van der Waals surface area contributed by atoms with Gasteiger partial charge in [0.25, 0.3) is 5.91 Å². The van der Waals surface area contributed by atoms with Gasteiger partial charge < -0.3 is 4.74 Å². The second-order valence-corrected chi connectivity index (χ2v) is 8.94. The fourth-order valence-corrected chi connectivity index (χ4v) is 3.69. The van der Waals surface area contributed by atoms with E-state index in [1.54, 1.807) is 31.2 Å². The highest BCUT2D eigenvalue weighted by Gasteiger charge is 2.34. The number of nitrogens with zero attached hydrogens (tertiary/aromatic N) is 2. The van der Waals surface area contributed by atoms with E-state index >= 15 is 0 Å². The van der Waals surface area contributed by atoms with E-state index in [4.69, 9.17) is 16.3 Å². The second kappa shape index (κ2) is 10.2. The molecule has 0 spiro atoms. The smallest absolute Gasteiger partial charge is 0.417 e. The first-order chi connectivity index (χ1) is 14.8. The first kappa shape index (κ1) is 25.5. The summed E-state index contributed by atoms with van der Waals surface area (Å²) in [5.74, 6) is -0.178. The minimum Gasteiger partial charge on any atom is -0.494 e. The molecule has 0 saturated heterocycles. The van der Waals surface area contributed by atoms with E-state index in [1.165, 1.54) is 0 Å². The largest absolute Gasteiger partial charge is 0.494 e. The average molecular weight is 492 g/mol. The number of amides is 1. The summed E-state index contributed by atoms with van der Waals surface area (Å²) in [5, 5.41) is 3.34.